The quantitative estimate of drug-likeness (QED) is 0.870. The van der Waals surface area contributed by atoms with Gasteiger partial charge in [0, 0.05) is 19.0 Å². The molecule has 1 fully saturated rings. The molecule has 1 aliphatic carbocycles. The summed E-state index contributed by atoms with van der Waals surface area (Å²) in [5.74, 6) is -0.0852. The predicted molar refractivity (Wildman–Crippen MR) is 74.9 cm³/mol. The van der Waals surface area contributed by atoms with Gasteiger partial charge in [0.15, 0.2) is 0 Å². The van der Waals surface area contributed by atoms with Gasteiger partial charge in [0.2, 0.25) is 5.91 Å². The number of halogens is 1. The molecule has 100 valence electrons. The monoisotopic (exact) mass is 277 g/mol. The minimum Gasteiger partial charge on any atom is -0.324 e. The number of hydrogen-bond acceptors (Lipinski definition) is 3. The van der Waals surface area contributed by atoms with Crippen LogP contribution in [0.1, 0.15) is 19.3 Å². The Hall–Kier alpha value is -1.57. The van der Waals surface area contributed by atoms with E-state index in [1.165, 1.54) is 0 Å². The number of hydrogen-bond donors (Lipinski definition) is 1. The maximum atomic E-state index is 12.0. The number of nitrogens with one attached hydrogen (secondary N) is 1. The van der Waals surface area contributed by atoms with Crippen LogP contribution in [0.15, 0.2) is 24.3 Å². The number of nitrogens with zero attached hydrogens (tertiary/aromatic N) is 2. The van der Waals surface area contributed by atoms with E-state index in [0.717, 1.165) is 12.8 Å². The Morgan fingerprint density at radius 3 is 2.84 bits per heavy atom. The molecule has 0 unspecified atom stereocenters. The second-order valence-corrected chi connectivity index (χ2v) is 5.04. The second kappa shape index (κ2) is 6.55. The standard InChI is InChI=1S/C14H16ClN3O/c15-12-4-1-2-5-13(12)17-14(19)10-18(9-3-8-16)11-6-7-11/h1-2,4-5,11H,3,6-7,9-10H2,(H,17,19). The highest BCUT2D eigenvalue weighted by molar-refractivity contribution is 6.33. The Balaban J connectivity index is 1.89. The molecule has 0 saturated heterocycles. The van der Waals surface area contributed by atoms with Crippen LogP contribution >= 0.6 is 11.6 Å². The summed E-state index contributed by atoms with van der Waals surface area (Å²) in [6, 6.07) is 9.75. The molecule has 1 amide bonds. The van der Waals surface area contributed by atoms with Crippen molar-refractivity contribution in [3.63, 3.8) is 0 Å². The van der Waals surface area contributed by atoms with Crippen LogP contribution in [0, 0.1) is 11.3 Å². The van der Waals surface area contributed by atoms with E-state index in [9.17, 15) is 4.79 Å². The normalized spacial score (nSPS) is 14.2. The van der Waals surface area contributed by atoms with E-state index < -0.39 is 0 Å². The first-order valence-corrected chi connectivity index (χ1v) is 6.74. The van der Waals surface area contributed by atoms with Crippen LogP contribution in [0.2, 0.25) is 5.02 Å². The summed E-state index contributed by atoms with van der Waals surface area (Å²) in [5.41, 5.74) is 0.630. The van der Waals surface area contributed by atoms with Crippen LogP contribution in [0.3, 0.4) is 0 Å². The van der Waals surface area contributed by atoms with E-state index >= 15 is 0 Å². The first-order valence-electron chi connectivity index (χ1n) is 6.36. The lowest BCUT2D eigenvalue weighted by molar-refractivity contribution is -0.117. The van der Waals surface area contributed by atoms with Crippen molar-refractivity contribution in [3.8, 4) is 6.07 Å². The molecule has 0 radical (unpaired) electrons. The van der Waals surface area contributed by atoms with Crippen LogP contribution < -0.4 is 5.32 Å². The molecule has 0 heterocycles. The average molecular weight is 278 g/mol. The first kappa shape index (κ1) is 13.9. The van der Waals surface area contributed by atoms with E-state index in [0.29, 0.717) is 36.3 Å². The zero-order valence-electron chi connectivity index (χ0n) is 10.6. The summed E-state index contributed by atoms with van der Waals surface area (Å²) in [6.07, 6.45) is 2.69. The van der Waals surface area contributed by atoms with Crippen molar-refractivity contribution in [3.05, 3.63) is 29.3 Å². The van der Waals surface area contributed by atoms with Crippen LogP contribution in [0.5, 0.6) is 0 Å². The third-order valence-electron chi connectivity index (χ3n) is 3.07. The molecule has 19 heavy (non-hydrogen) atoms. The van der Waals surface area contributed by atoms with Crippen LogP contribution in [0.25, 0.3) is 0 Å². The Labute approximate surface area is 118 Å². The van der Waals surface area contributed by atoms with Crippen molar-refractivity contribution in [2.24, 2.45) is 0 Å². The van der Waals surface area contributed by atoms with Crippen molar-refractivity contribution in [1.82, 2.24) is 4.90 Å². The van der Waals surface area contributed by atoms with Crippen LogP contribution in [0.4, 0.5) is 5.69 Å². The Kier molecular flexibility index (Phi) is 4.78. The van der Waals surface area contributed by atoms with Crippen LogP contribution in [-0.2, 0) is 4.79 Å². The van der Waals surface area contributed by atoms with E-state index in [-0.39, 0.29) is 5.91 Å². The topological polar surface area (TPSA) is 56.1 Å². The lowest BCUT2D eigenvalue weighted by atomic mass is 10.3. The maximum absolute atomic E-state index is 12.0. The lowest BCUT2D eigenvalue weighted by Crippen LogP contribution is -2.35. The number of carbonyl (C=O) groups excluding carboxylic acids is 1. The molecule has 4 nitrogen and oxygen atoms in total. The minimum absolute atomic E-state index is 0.0852. The maximum Gasteiger partial charge on any atom is 0.238 e. The highest BCUT2D eigenvalue weighted by atomic mass is 35.5. The van der Waals surface area contributed by atoms with Gasteiger partial charge in [-0.25, -0.2) is 0 Å². The fourth-order valence-electron chi connectivity index (χ4n) is 1.96. The smallest absolute Gasteiger partial charge is 0.238 e. The molecule has 0 aromatic heterocycles. The molecule has 0 bridgehead atoms. The zero-order valence-corrected chi connectivity index (χ0v) is 11.4. The van der Waals surface area contributed by atoms with Gasteiger partial charge < -0.3 is 5.32 Å². The fourth-order valence-corrected chi connectivity index (χ4v) is 2.14. The number of rotatable bonds is 6. The van der Waals surface area contributed by atoms with Gasteiger partial charge in [0.1, 0.15) is 0 Å². The molecule has 2 rings (SSSR count). The summed E-state index contributed by atoms with van der Waals surface area (Å²) in [5, 5.41) is 12.0. The van der Waals surface area contributed by atoms with E-state index in [2.05, 4.69) is 16.3 Å². The molecular formula is C14H16ClN3O. The number of amides is 1. The summed E-state index contributed by atoms with van der Waals surface area (Å²) < 4.78 is 0. The fraction of sp³-hybridized carbons (Fsp3) is 0.429. The molecule has 1 aliphatic rings. The third kappa shape index (κ3) is 4.23. The Morgan fingerprint density at radius 1 is 1.47 bits per heavy atom. The van der Waals surface area contributed by atoms with Gasteiger partial charge in [-0.3, -0.25) is 9.69 Å². The number of para-hydroxylation sites is 1. The number of nitriles is 1. The van der Waals surface area contributed by atoms with Gasteiger partial charge >= 0.3 is 0 Å². The molecule has 1 saturated carbocycles. The molecule has 0 aliphatic heterocycles. The van der Waals surface area contributed by atoms with Crippen molar-refractivity contribution in [2.75, 3.05) is 18.4 Å². The lowest BCUT2D eigenvalue weighted by Gasteiger charge is -2.20. The van der Waals surface area contributed by atoms with Gasteiger partial charge in [0.05, 0.1) is 23.3 Å². The molecule has 1 N–H and O–H groups in total. The number of carbonyl (C=O) groups is 1. The van der Waals surface area contributed by atoms with E-state index in [4.69, 9.17) is 16.9 Å². The third-order valence-corrected chi connectivity index (χ3v) is 3.40. The Bertz CT molecular complexity index is 494. The van der Waals surface area contributed by atoms with Crippen molar-refractivity contribution in [1.29, 1.82) is 5.26 Å². The average Bonchev–Trinajstić information content (AvgIpc) is 3.21. The highest BCUT2D eigenvalue weighted by Crippen LogP contribution is 2.27. The first-order chi connectivity index (χ1) is 9.20. The predicted octanol–water partition coefficient (Wildman–Crippen LogP) is 2.66. The summed E-state index contributed by atoms with van der Waals surface area (Å²) in [6.45, 7) is 0.967. The number of benzene rings is 1. The van der Waals surface area contributed by atoms with E-state index in [1.54, 1.807) is 12.1 Å². The van der Waals surface area contributed by atoms with Gasteiger partial charge in [-0.1, -0.05) is 23.7 Å². The summed E-state index contributed by atoms with van der Waals surface area (Å²) >= 11 is 5.99. The van der Waals surface area contributed by atoms with Crippen molar-refractivity contribution in [2.45, 2.75) is 25.3 Å². The molecule has 1 aromatic rings. The van der Waals surface area contributed by atoms with Crippen LogP contribution in [-0.4, -0.2) is 29.9 Å². The van der Waals surface area contributed by atoms with Gasteiger partial charge in [-0.2, -0.15) is 5.26 Å². The highest BCUT2D eigenvalue weighted by Gasteiger charge is 2.29. The second-order valence-electron chi connectivity index (χ2n) is 4.64. The molecule has 0 spiro atoms. The van der Waals surface area contributed by atoms with Gasteiger partial charge in [-0.15, -0.1) is 0 Å². The van der Waals surface area contributed by atoms with Crippen molar-refractivity contribution < 1.29 is 4.79 Å². The SMILES string of the molecule is N#CCCN(CC(=O)Nc1ccccc1Cl)C1CC1. The van der Waals surface area contributed by atoms with Crippen molar-refractivity contribution >= 4 is 23.2 Å². The summed E-state index contributed by atoms with van der Waals surface area (Å²) in [7, 11) is 0. The molecule has 1 aromatic carbocycles. The van der Waals surface area contributed by atoms with Gasteiger partial charge in [-0.05, 0) is 25.0 Å². The minimum atomic E-state index is -0.0852. The Morgan fingerprint density at radius 2 is 2.21 bits per heavy atom. The molecule has 5 heteroatoms. The number of anilines is 1. The molecule has 0 atom stereocenters. The summed E-state index contributed by atoms with van der Waals surface area (Å²) in [4.78, 5) is 14.0. The van der Waals surface area contributed by atoms with Gasteiger partial charge in [0.25, 0.3) is 0 Å². The molecular weight excluding hydrogens is 262 g/mol. The largest absolute Gasteiger partial charge is 0.324 e. The van der Waals surface area contributed by atoms with E-state index in [1.807, 2.05) is 12.1 Å². The zero-order chi connectivity index (χ0) is 13.7.